The van der Waals surface area contributed by atoms with Gasteiger partial charge in [0.15, 0.2) is 5.69 Å². The van der Waals surface area contributed by atoms with Gasteiger partial charge in [0.1, 0.15) is 0 Å². The molecule has 1 aromatic carbocycles. The monoisotopic (exact) mass is 274 g/mol. The van der Waals surface area contributed by atoms with Gasteiger partial charge in [-0.2, -0.15) is 5.10 Å². The molecule has 0 radical (unpaired) electrons. The smallest absolute Gasteiger partial charge is 0.272 e. The zero-order valence-electron chi connectivity index (χ0n) is 11.5. The average Bonchev–Trinajstić information content (AvgIpc) is 2.88. The van der Waals surface area contributed by atoms with Gasteiger partial charge < -0.3 is 16.2 Å². The van der Waals surface area contributed by atoms with Crippen LogP contribution in [0.15, 0.2) is 36.5 Å². The molecule has 1 aromatic heterocycles. The summed E-state index contributed by atoms with van der Waals surface area (Å²) in [6.07, 6.45) is 1.69. The number of nitrogens with zero attached hydrogens (tertiary/aromatic N) is 2. The van der Waals surface area contributed by atoms with Crippen molar-refractivity contribution < 1.29 is 9.90 Å². The minimum absolute atomic E-state index is 0.144. The first-order valence-corrected chi connectivity index (χ1v) is 6.26. The van der Waals surface area contributed by atoms with Gasteiger partial charge in [-0.1, -0.05) is 6.07 Å². The van der Waals surface area contributed by atoms with Crippen molar-refractivity contribution in [2.24, 2.45) is 0 Å². The molecule has 0 spiro atoms. The fourth-order valence-corrected chi connectivity index (χ4v) is 1.67. The molecule has 0 atom stereocenters. The first-order valence-electron chi connectivity index (χ1n) is 6.26. The van der Waals surface area contributed by atoms with E-state index in [-0.39, 0.29) is 18.2 Å². The summed E-state index contributed by atoms with van der Waals surface area (Å²) in [6, 6.07) is 8.84. The molecule has 0 fully saturated rings. The highest BCUT2D eigenvalue weighted by molar-refractivity contribution is 5.92. The lowest BCUT2D eigenvalue weighted by Crippen LogP contribution is -2.46. The number of anilines is 1. The highest BCUT2D eigenvalue weighted by atomic mass is 16.3. The molecular weight excluding hydrogens is 256 g/mol. The molecule has 0 aliphatic rings. The number of nitrogens with two attached hydrogens (primary N) is 1. The molecule has 6 nitrogen and oxygen atoms in total. The van der Waals surface area contributed by atoms with Gasteiger partial charge in [0.2, 0.25) is 0 Å². The van der Waals surface area contributed by atoms with Gasteiger partial charge >= 0.3 is 0 Å². The zero-order valence-corrected chi connectivity index (χ0v) is 11.5. The summed E-state index contributed by atoms with van der Waals surface area (Å²) in [5.74, 6) is -0.327. The van der Waals surface area contributed by atoms with Crippen LogP contribution in [-0.4, -0.2) is 32.9 Å². The number of aromatic nitrogens is 2. The van der Waals surface area contributed by atoms with Crippen molar-refractivity contribution in [2.75, 3.05) is 12.3 Å². The molecule has 0 aliphatic heterocycles. The Labute approximate surface area is 117 Å². The van der Waals surface area contributed by atoms with Gasteiger partial charge in [-0.15, -0.1) is 0 Å². The van der Waals surface area contributed by atoms with Crippen LogP contribution in [0, 0.1) is 0 Å². The molecule has 1 amide bonds. The largest absolute Gasteiger partial charge is 0.399 e. The lowest BCUT2D eigenvalue weighted by Gasteiger charge is -2.22. The summed E-state index contributed by atoms with van der Waals surface area (Å²) in [7, 11) is 0. The first kappa shape index (κ1) is 14.1. The maximum Gasteiger partial charge on any atom is 0.272 e. The van der Waals surface area contributed by atoms with E-state index in [1.54, 1.807) is 42.9 Å². The third-order valence-electron chi connectivity index (χ3n) is 2.80. The van der Waals surface area contributed by atoms with E-state index in [4.69, 9.17) is 10.8 Å². The van der Waals surface area contributed by atoms with Gasteiger partial charge in [0.05, 0.1) is 17.8 Å². The summed E-state index contributed by atoms with van der Waals surface area (Å²) < 4.78 is 1.58. The van der Waals surface area contributed by atoms with Crippen molar-refractivity contribution in [1.29, 1.82) is 0 Å². The van der Waals surface area contributed by atoms with Gasteiger partial charge in [0, 0.05) is 11.9 Å². The summed E-state index contributed by atoms with van der Waals surface area (Å²) in [5.41, 5.74) is 6.73. The Balaban J connectivity index is 2.19. The van der Waals surface area contributed by atoms with Crippen LogP contribution in [0.2, 0.25) is 0 Å². The van der Waals surface area contributed by atoms with Gasteiger partial charge in [-0.3, -0.25) is 4.79 Å². The maximum atomic E-state index is 12.0. The highest BCUT2D eigenvalue weighted by Gasteiger charge is 2.21. The fourth-order valence-electron chi connectivity index (χ4n) is 1.67. The molecule has 4 N–H and O–H groups in total. The Morgan fingerprint density at radius 3 is 2.85 bits per heavy atom. The van der Waals surface area contributed by atoms with Gasteiger partial charge in [-0.05, 0) is 38.1 Å². The van der Waals surface area contributed by atoms with Crippen molar-refractivity contribution >= 4 is 11.6 Å². The van der Waals surface area contributed by atoms with E-state index in [0.717, 1.165) is 5.69 Å². The molecule has 0 unspecified atom stereocenters. The number of hydrogen-bond acceptors (Lipinski definition) is 4. The second-order valence-corrected chi connectivity index (χ2v) is 5.24. The minimum Gasteiger partial charge on any atom is -0.399 e. The topological polar surface area (TPSA) is 93.2 Å². The predicted molar refractivity (Wildman–Crippen MR) is 76.6 cm³/mol. The Morgan fingerprint density at radius 1 is 1.45 bits per heavy atom. The maximum absolute atomic E-state index is 12.0. The van der Waals surface area contributed by atoms with E-state index in [1.807, 2.05) is 12.1 Å². The number of rotatable bonds is 4. The number of hydrogen-bond donors (Lipinski definition) is 3. The van der Waals surface area contributed by atoms with Crippen molar-refractivity contribution in [3.05, 3.63) is 42.2 Å². The zero-order chi connectivity index (χ0) is 14.8. The number of aliphatic hydroxyl groups excluding tert-OH is 1. The van der Waals surface area contributed by atoms with E-state index in [9.17, 15) is 4.79 Å². The van der Waals surface area contributed by atoms with Crippen LogP contribution in [0.4, 0.5) is 5.69 Å². The Bertz CT molecular complexity index is 619. The van der Waals surface area contributed by atoms with Crippen LogP contribution in [0.25, 0.3) is 5.69 Å². The van der Waals surface area contributed by atoms with Crippen molar-refractivity contribution in [1.82, 2.24) is 15.1 Å². The van der Waals surface area contributed by atoms with E-state index >= 15 is 0 Å². The standard InChI is InChI=1S/C14H18N4O2/c1-14(2,9-19)16-13(20)12-6-7-18(17-12)11-5-3-4-10(15)8-11/h3-8,19H,9,15H2,1-2H3,(H,16,20). The predicted octanol–water partition coefficient (Wildman–Crippen LogP) is 0.955. The molecular formula is C14H18N4O2. The van der Waals surface area contributed by atoms with Crippen molar-refractivity contribution in [3.63, 3.8) is 0 Å². The van der Waals surface area contributed by atoms with E-state index in [1.165, 1.54) is 0 Å². The van der Waals surface area contributed by atoms with Crippen molar-refractivity contribution in [3.8, 4) is 5.69 Å². The normalized spacial score (nSPS) is 11.3. The Morgan fingerprint density at radius 2 is 2.20 bits per heavy atom. The molecule has 0 saturated carbocycles. The van der Waals surface area contributed by atoms with Gasteiger partial charge in [0.25, 0.3) is 5.91 Å². The Kier molecular flexibility index (Phi) is 3.76. The first-order chi connectivity index (χ1) is 9.41. The number of nitrogen functional groups attached to an aromatic ring is 1. The van der Waals surface area contributed by atoms with Crippen molar-refractivity contribution in [2.45, 2.75) is 19.4 Å². The summed E-state index contributed by atoms with van der Waals surface area (Å²) in [6.45, 7) is 3.33. The summed E-state index contributed by atoms with van der Waals surface area (Å²) in [5, 5.41) is 16.1. The van der Waals surface area contributed by atoms with E-state index in [2.05, 4.69) is 10.4 Å². The van der Waals surface area contributed by atoms with Crippen LogP contribution in [0.1, 0.15) is 24.3 Å². The Hall–Kier alpha value is -2.34. The molecule has 6 heteroatoms. The second-order valence-electron chi connectivity index (χ2n) is 5.24. The van der Waals surface area contributed by atoms with Crippen LogP contribution in [-0.2, 0) is 0 Å². The second kappa shape index (κ2) is 5.34. The van der Waals surface area contributed by atoms with Crippen LogP contribution in [0.5, 0.6) is 0 Å². The lowest BCUT2D eigenvalue weighted by molar-refractivity contribution is 0.0864. The molecule has 0 bridgehead atoms. The summed E-state index contributed by atoms with van der Waals surface area (Å²) >= 11 is 0. The highest BCUT2D eigenvalue weighted by Crippen LogP contribution is 2.12. The third-order valence-corrected chi connectivity index (χ3v) is 2.80. The number of amides is 1. The molecule has 106 valence electrons. The van der Waals surface area contributed by atoms with E-state index in [0.29, 0.717) is 5.69 Å². The number of carbonyl (C=O) groups is 1. The third kappa shape index (κ3) is 3.16. The van der Waals surface area contributed by atoms with Gasteiger partial charge in [-0.25, -0.2) is 4.68 Å². The number of benzene rings is 1. The molecule has 1 heterocycles. The van der Waals surface area contributed by atoms with Crippen LogP contribution < -0.4 is 11.1 Å². The SMILES string of the molecule is CC(C)(CO)NC(=O)c1ccn(-c2cccc(N)c2)n1. The fraction of sp³-hybridized carbons (Fsp3) is 0.286. The number of aliphatic hydroxyl groups is 1. The van der Waals surface area contributed by atoms with E-state index < -0.39 is 5.54 Å². The lowest BCUT2D eigenvalue weighted by atomic mass is 10.1. The minimum atomic E-state index is -0.683. The quantitative estimate of drug-likeness (QED) is 0.724. The average molecular weight is 274 g/mol. The molecule has 0 aliphatic carbocycles. The molecule has 20 heavy (non-hydrogen) atoms. The number of nitrogens with one attached hydrogen (secondary N) is 1. The molecule has 2 aromatic rings. The number of carbonyl (C=O) groups excluding carboxylic acids is 1. The molecule has 0 saturated heterocycles. The molecule has 2 rings (SSSR count). The summed E-state index contributed by atoms with van der Waals surface area (Å²) in [4.78, 5) is 12.0. The van der Waals surface area contributed by atoms with Crippen LogP contribution in [0.3, 0.4) is 0 Å². The van der Waals surface area contributed by atoms with Crippen LogP contribution >= 0.6 is 0 Å².